The minimum atomic E-state index is 0.413. The second kappa shape index (κ2) is 5.26. The number of halogens is 2. The predicted octanol–water partition coefficient (Wildman–Crippen LogP) is 3.60. The number of aromatic nitrogens is 4. The summed E-state index contributed by atoms with van der Waals surface area (Å²) in [5.74, 6) is 1.47. The van der Waals surface area contributed by atoms with Gasteiger partial charge in [0.25, 0.3) is 0 Å². The number of benzene rings is 1. The molecule has 6 nitrogen and oxygen atoms in total. The van der Waals surface area contributed by atoms with Gasteiger partial charge in [0.1, 0.15) is 11.1 Å². The Kier molecular flexibility index (Phi) is 3.45. The summed E-state index contributed by atoms with van der Waals surface area (Å²) in [7, 11) is 1.74. The molecule has 0 atom stereocenters. The highest BCUT2D eigenvalue weighted by Gasteiger charge is 2.12. The Morgan fingerprint density at radius 3 is 2.95 bits per heavy atom. The number of nitrogens with zero attached hydrogens (tertiary/aromatic N) is 3. The Morgan fingerprint density at radius 1 is 1.35 bits per heavy atom. The third-order valence-corrected chi connectivity index (χ3v) is 3.45. The Morgan fingerprint density at radius 2 is 2.20 bits per heavy atom. The highest BCUT2D eigenvalue weighted by molar-refractivity contribution is 9.10. The second-order valence-corrected chi connectivity index (χ2v) is 5.20. The summed E-state index contributed by atoms with van der Waals surface area (Å²) in [5.41, 5.74) is 0.601. The van der Waals surface area contributed by atoms with Gasteiger partial charge in [0, 0.05) is 12.1 Å². The van der Waals surface area contributed by atoms with Crippen LogP contribution in [0.1, 0.15) is 0 Å². The fraction of sp³-hybridized carbons (Fsp3) is 0.0833. The van der Waals surface area contributed by atoms with Crippen LogP contribution in [0.4, 0.5) is 5.95 Å². The molecule has 8 heteroatoms. The van der Waals surface area contributed by atoms with Crippen molar-refractivity contribution in [2.24, 2.45) is 0 Å². The maximum atomic E-state index is 5.91. The number of fused-ring (bicyclic) bond motifs is 1. The Bertz CT molecular complexity index is 776. The van der Waals surface area contributed by atoms with Crippen molar-refractivity contribution in [3.8, 4) is 11.6 Å². The zero-order valence-electron chi connectivity index (χ0n) is 10.3. The lowest BCUT2D eigenvalue weighted by Gasteiger charge is -2.09. The predicted molar refractivity (Wildman–Crippen MR) is 80.5 cm³/mol. The molecule has 3 aromatic rings. The van der Waals surface area contributed by atoms with Crippen LogP contribution in [0, 0.1) is 0 Å². The van der Waals surface area contributed by atoms with E-state index in [9.17, 15) is 0 Å². The Balaban J connectivity index is 2.07. The van der Waals surface area contributed by atoms with Crippen molar-refractivity contribution in [2.75, 3.05) is 12.4 Å². The number of H-pyrrole nitrogens is 1. The van der Waals surface area contributed by atoms with Crippen LogP contribution in [0.25, 0.3) is 11.0 Å². The SMILES string of the molecule is CNc1nc(Oc2ccc(Cl)cc2Br)c2cn[nH]c2n1. The summed E-state index contributed by atoms with van der Waals surface area (Å²) in [6, 6.07) is 5.26. The van der Waals surface area contributed by atoms with E-state index in [0.717, 1.165) is 4.47 Å². The summed E-state index contributed by atoms with van der Waals surface area (Å²) < 4.78 is 6.56. The molecule has 0 fully saturated rings. The molecule has 0 spiro atoms. The molecule has 0 aliphatic heterocycles. The average molecular weight is 355 g/mol. The first kappa shape index (κ1) is 13.1. The number of ether oxygens (including phenoxy) is 1. The maximum absolute atomic E-state index is 5.91. The van der Waals surface area contributed by atoms with Gasteiger partial charge in [-0.3, -0.25) is 5.10 Å². The first-order valence-corrected chi connectivity index (χ1v) is 6.86. The first-order valence-electron chi connectivity index (χ1n) is 5.69. The molecule has 0 saturated carbocycles. The van der Waals surface area contributed by atoms with Crippen molar-refractivity contribution < 1.29 is 4.74 Å². The molecule has 3 rings (SSSR count). The van der Waals surface area contributed by atoms with Crippen LogP contribution in [0.3, 0.4) is 0 Å². The number of hydrogen-bond acceptors (Lipinski definition) is 5. The molecule has 0 saturated heterocycles. The van der Waals surface area contributed by atoms with E-state index >= 15 is 0 Å². The molecule has 1 aromatic carbocycles. The van der Waals surface area contributed by atoms with Crippen molar-refractivity contribution in [1.82, 2.24) is 20.2 Å². The van der Waals surface area contributed by atoms with Gasteiger partial charge >= 0.3 is 0 Å². The van der Waals surface area contributed by atoms with Crippen LogP contribution < -0.4 is 10.1 Å². The maximum Gasteiger partial charge on any atom is 0.235 e. The normalized spacial score (nSPS) is 10.8. The fourth-order valence-corrected chi connectivity index (χ4v) is 2.42. The average Bonchev–Trinajstić information content (AvgIpc) is 2.90. The molecule has 0 amide bonds. The van der Waals surface area contributed by atoms with Gasteiger partial charge < -0.3 is 10.1 Å². The van der Waals surface area contributed by atoms with E-state index in [0.29, 0.717) is 33.6 Å². The van der Waals surface area contributed by atoms with E-state index in [1.807, 2.05) is 0 Å². The van der Waals surface area contributed by atoms with Crippen LogP contribution >= 0.6 is 27.5 Å². The van der Waals surface area contributed by atoms with E-state index in [1.165, 1.54) is 0 Å². The van der Waals surface area contributed by atoms with Crippen molar-refractivity contribution in [2.45, 2.75) is 0 Å². The van der Waals surface area contributed by atoms with Crippen molar-refractivity contribution >= 4 is 44.5 Å². The van der Waals surface area contributed by atoms with Gasteiger partial charge in [-0.25, -0.2) is 0 Å². The van der Waals surface area contributed by atoms with E-state index < -0.39 is 0 Å². The number of hydrogen-bond donors (Lipinski definition) is 2. The molecule has 0 aliphatic rings. The van der Waals surface area contributed by atoms with Crippen LogP contribution in [0.2, 0.25) is 5.02 Å². The molecule has 20 heavy (non-hydrogen) atoms. The number of aromatic amines is 1. The number of nitrogens with one attached hydrogen (secondary N) is 2. The van der Waals surface area contributed by atoms with Crippen LogP contribution in [-0.2, 0) is 0 Å². The van der Waals surface area contributed by atoms with E-state index in [2.05, 4.69) is 41.4 Å². The van der Waals surface area contributed by atoms with Crippen LogP contribution in [-0.4, -0.2) is 27.2 Å². The smallest absolute Gasteiger partial charge is 0.235 e. The highest BCUT2D eigenvalue weighted by atomic mass is 79.9. The van der Waals surface area contributed by atoms with Gasteiger partial charge in [-0.05, 0) is 34.1 Å². The lowest BCUT2D eigenvalue weighted by molar-refractivity contribution is 0.466. The molecule has 0 bridgehead atoms. The molecule has 102 valence electrons. The summed E-state index contributed by atoms with van der Waals surface area (Å²) in [5, 5.41) is 10.9. The number of rotatable bonds is 3. The van der Waals surface area contributed by atoms with Gasteiger partial charge in [-0.2, -0.15) is 15.1 Å². The lowest BCUT2D eigenvalue weighted by atomic mass is 10.3. The van der Waals surface area contributed by atoms with E-state index in [1.54, 1.807) is 31.4 Å². The van der Waals surface area contributed by atoms with Gasteiger partial charge in [0.15, 0.2) is 5.65 Å². The quantitative estimate of drug-likeness (QED) is 0.751. The van der Waals surface area contributed by atoms with Crippen LogP contribution in [0.5, 0.6) is 11.6 Å². The van der Waals surface area contributed by atoms with E-state index in [-0.39, 0.29) is 0 Å². The highest BCUT2D eigenvalue weighted by Crippen LogP contribution is 2.33. The van der Waals surface area contributed by atoms with Gasteiger partial charge in [-0.15, -0.1) is 0 Å². The van der Waals surface area contributed by atoms with Crippen LogP contribution in [0.15, 0.2) is 28.9 Å². The molecule has 2 heterocycles. The molecule has 0 aliphatic carbocycles. The third kappa shape index (κ3) is 2.41. The minimum Gasteiger partial charge on any atom is -0.437 e. The molecule has 0 radical (unpaired) electrons. The molecular weight excluding hydrogens is 346 g/mol. The summed E-state index contributed by atoms with van der Waals surface area (Å²) in [6.07, 6.45) is 1.62. The van der Waals surface area contributed by atoms with Crippen molar-refractivity contribution in [3.05, 3.63) is 33.9 Å². The Hall–Kier alpha value is -1.86. The second-order valence-electron chi connectivity index (χ2n) is 3.91. The summed E-state index contributed by atoms with van der Waals surface area (Å²) in [6.45, 7) is 0. The van der Waals surface area contributed by atoms with Gasteiger partial charge in [0.05, 0.1) is 10.7 Å². The topological polar surface area (TPSA) is 75.7 Å². The number of anilines is 1. The standard InChI is InChI=1S/C12H9BrClN5O/c1-15-12-17-10-7(5-16-19-10)11(18-12)20-9-3-2-6(14)4-8(9)13/h2-5H,1H3,(H2,15,16,17,18,19). The molecule has 2 N–H and O–H groups in total. The monoisotopic (exact) mass is 353 g/mol. The third-order valence-electron chi connectivity index (χ3n) is 2.60. The minimum absolute atomic E-state index is 0.413. The van der Waals surface area contributed by atoms with Crippen molar-refractivity contribution in [3.63, 3.8) is 0 Å². The summed E-state index contributed by atoms with van der Waals surface area (Å²) in [4.78, 5) is 8.53. The lowest BCUT2D eigenvalue weighted by Crippen LogP contribution is -1.99. The zero-order chi connectivity index (χ0) is 14.1. The van der Waals surface area contributed by atoms with Gasteiger partial charge in [-0.1, -0.05) is 11.6 Å². The molecule has 0 unspecified atom stereocenters. The fourth-order valence-electron chi connectivity index (χ4n) is 1.66. The largest absolute Gasteiger partial charge is 0.437 e. The van der Waals surface area contributed by atoms with E-state index in [4.69, 9.17) is 16.3 Å². The first-order chi connectivity index (χ1) is 9.67. The Labute approximate surface area is 127 Å². The van der Waals surface area contributed by atoms with Crippen molar-refractivity contribution in [1.29, 1.82) is 0 Å². The summed E-state index contributed by atoms with van der Waals surface area (Å²) >= 11 is 9.31. The molecule has 2 aromatic heterocycles. The van der Waals surface area contributed by atoms with Gasteiger partial charge in [0.2, 0.25) is 11.8 Å². The molecular formula is C12H9BrClN5O. The zero-order valence-corrected chi connectivity index (χ0v) is 12.7.